The third-order valence-electron chi connectivity index (χ3n) is 10.6. The molecule has 1 N–H and O–H groups in total. The molecule has 0 unspecified atom stereocenters. The predicted molar refractivity (Wildman–Crippen MR) is 275 cm³/mol. The van der Waals surface area contributed by atoms with Crippen LogP contribution in [0.25, 0.3) is 65.4 Å². The van der Waals surface area contributed by atoms with E-state index in [9.17, 15) is 14.4 Å². The van der Waals surface area contributed by atoms with Gasteiger partial charge in [0.15, 0.2) is 32.6 Å². The summed E-state index contributed by atoms with van der Waals surface area (Å²) in [4.78, 5) is 67.4. The minimum atomic E-state index is -0.409. The van der Waals surface area contributed by atoms with E-state index >= 15 is 0 Å². The highest BCUT2D eigenvalue weighted by molar-refractivity contribution is 7.98. The Morgan fingerprint density at radius 2 is 1.03 bits per heavy atom. The number of esters is 3. The molecule has 9 rings (SSSR count). The van der Waals surface area contributed by atoms with E-state index in [1.807, 2.05) is 92.9 Å². The topological polar surface area (TPSA) is 227 Å². The first-order chi connectivity index (χ1) is 33.8. The molecule has 0 aliphatic rings. The molecule has 20 nitrogen and oxygen atoms in total. The fourth-order valence-corrected chi connectivity index (χ4v) is 8.32. The molecule has 0 bridgehead atoms. The molecule has 0 radical (unpaired) electrons. The van der Waals surface area contributed by atoms with Crippen LogP contribution in [-0.4, -0.2) is 167 Å². The van der Waals surface area contributed by atoms with Gasteiger partial charge in [-0.25, -0.2) is 44.3 Å². The van der Waals surface area contributed by atoms with E-state index in [-0.39, 0.29) is 5.97 Å². The number of nitrogens with one attached hydrogen (secondary N) is 1. The molecule has 0 amide bonds. The maximum atomic E-state index is 12.5. The molecule has 0 fully saturated rings. The van der Waals surface area contributed by atoms with Crippen molar-refractivity contribution in [2.45, 2.75) is 49.3 Å². The molecule has 366 valence electrons. The summed E-state index contributed by atoms with van der Waals surface area (Å²) >= 11 is 4.42. The normalized spacial score (nSPS) is 11.4. The van der Waals surface area contributed by atoms with Crippen LogP contribution in [0, 0.1) is 0 Å². The lowest BCUT2D eigenvalue weighted by Crippen LogP contribution is -2.22. The maximum absolute atomic E-state index is 12.5. The first-order valence-electron chi connectivity index (χ1n) is 22.2. The molecule has 0 aliphatic heterocycles. The van der Waals surface area contributed by atoms with Crippen LogP contribution >= 0.6 is 35.3 Å². The molecule has 0 saturated heterocycles. The second-order valence-corrected chi connectivity index (χ2v) is 18.1. The number of ether oxygens (including phenoxy) is 3. The summed E-state index contributed by atoms with van der Waals surface area (Å²) in [6.07, 6.45) is 11.1. The summed E-state index contributed by atoms with van der Waals surface area (Å²) < 4.78 is 19.0. The molecule has 6 aromatic heterocycles. The van der Waals surface area contributed by atoms with Crippen molar-refractivity contribution in [3.05, 3.63) is 72.1 Å². The zero-order valence-corrected chi connectivity index (χ0v) is 43.1. The second kappa shape index (κ2) is 23.4. The van der Waals surface area contributed by atoms with Crippen molar-refractivity contribution < 1.29 is 28.6 Å². The van der Waals surface area contributed by atoms with Gasteiger partial charge in [0.05, 0.1) is 38.4 Å². The summed E-state index contributed by atoms with van der Waals surface area (Å²) in [6, 6.07) is 11.3. The van der Waals surface area contributed by atoms with Gasteiger partial charge in [-0.2, -0.15) is 15.3 Å². The number of hydrogen-bond acceptors (Lipinski definition) is 20. The predicted octanol–water partition coefficient (Wildman–Crippen LogP) is 7.28. The van der Waals surface area contributed by atoms with E-state index in [1.54, 1.807) is 44.0 Å². The number of aromatic amines is 1. The van der Waals surface area contributed by atoms with Crippen LogP contribution in [0.3, 0.4) is 0 Å². The van der Waals surface area contributed by atoms with E-state index in [0.717, 1.165) is 62.1 Å². The van der Waals surface area contributed by atoms with Crippen LogP contribution in [0.15, 0.2) is 70.5 Å². The van der Waals surface area contributed by atoms with Gasteiger partial charge in [-0.05, 0) is 85.9 Å². The molecule has 70 heavy (non-hydrogen) atoms. The Hall–Kier alpha value is -6.53. The van der Waals surface area contributed by atoms with E-state index in [0.29, 0.717) is 81.9 Å². The first kappa shape index (κ1) is 51.3. The van der Waals surface area contributed by atoms with Crippen molar-refractivity contribution in [1.82, 2.24) is 69.5 Å². The highest BCUT2D eigenvalue weighted by atomic mass is 32.2. The summed E-state index contributed by atoms with van der Waals surface area (Å²) in [6.45, 7) is 9.14. The van der Waals surface area contributed by atoms with Gasteiger partial charge < -0.3 is 24.0 Å². The molecule has 0 saturated carbocycles. The van der Waals surface area contributed by atoms with Crippen molar-refractivity contribution in [1.29, 1.82) is 0 Å². The van der Waals surface area contributed by atoms with Gasteiger partial charge in [0, 0.05) is 64.0 Å². The summed E-state index contributed by atoms with van der Waals surface area (Å²) in [5.41, 5.74) is 5.67. The van der Waals surface area contributed by atoms with Crippen molar-refractivity contribution in [3.63, 3.8) is 0 Å². The van der Waals surface area contributed by atoms with Gasteiger partial charge in [-0.3, -0.25) is 14.5 Å². The average molecular weight is 1010 g/mol. The van der Waals surface area contributed by atoms with Gasteiger partial charge in [0.25, 0.3) is 0 Å². The first-order valence-corrected chi connectivity index (χ1v) is 25.9. The highest BCUT2D eigenvalue weighted by Gasteiger charge is 2.24. The fraction of sp³-hybridized carbons (Fsp3) is 0.362. The van der Waals surface area contributed by atoms with Gasteiger partial charge in [0.2, 0.25) is 0 Å². The Morgan fingerprint density at radius 1 is 0.557 bits per heavy atom. The molecular formula is C47H54N14O6S3. The zero-order chi connectivity index (χ0) is 50.1. The highest BCUT2D eigenvalue weighted by Crippen LogP contribution is 2.30. The number of carbonyl (C=O) groups excluding carboxylic acids is 3. The molecule has 3 aromatic carbocycles. The Morgan fingerprint density at radius 3 is 1.57 bits per heavy atom. The van der Waals surface area contributed by atoms with Gasteiger partial charge >= 0.3 is 17.9 Å². The number of fused-ring (bicyclic) bond motifs is 9. The number of nitrogens with zero attached hydrogens (tertiary/aromatic N) is 13. The Labute approximate surface area is 416 Å². The zero-order valence-electron chi connectivity index (χ0n) is 40.6. The number of aromatic nitrogens is 12. The molecule has 6 heterocycles. The van der Waals surface area contributed by atoms with Crippen molar-refractivity contribution in [3.8, 4) is 0 Å². The van der Waals surface area contributed by atoms with Crippen molar-refractivity contribution in [2.75, 3.05) is 79.9 Å². The molecule has 9 aromatic rings. The minimum Gasteiger partial charge on any atom is -0.461 e. The van der Waals surface area contributed by atoms with Crippen molar-refractivity contribution in [2.24, 2.45) is 0 Å². The lowest BCUT2D eigenvalue weighted by atomic mass is 10.1. The maximum Gasteiger partial charge on any atom is 0.359 e. The van der Waals surface area contributed by atoms with Crippen LogP contribution in [0.5, 0.6) is 0 Å². The number of benzene rings is 3. The lowest BCUT2D eigenvalue weighted by Gasteiger charge is -2.11. The second-order valence-electron chi connectivity index (χ2n) is 15.8. The van der Waals surface area contributed by atoms with E-state index < -0.39 is 11.9 Å². The van der Waals surface area contributed by atoms with Gasteiger partial charge in [0.1, 0.15) is 27.6 Å². The van der Waals surface area contributed by atoms with Crippen LogP contribution < -0.4 is 0 Å². The summed E-state index contributed by atoms with van der Waals surface area (Å²) in [7, 11) is 7.98. The Kier molecular flexibility index (Phi) is 17.1. The Bertz CT molecular complexity index is 3330. The Balaban J connectivity index is 0.000000156. The number of rotatable bonds is 15. The SMILES string of the molecule is CCOC(=O)c1[nH]nc2c1ccc1cnc(SC)nc12.CCOC(=O)c1c2ccc3cnc(SC)nc3c2nn1CCN(C)C.CCOC(=O)c1nn(CCN(C)C)c2c1ccc1cnc(SC)nc12. The lowest BCUT2D eigenvalue weighted by molar-refractivity contribution is 0.0506. The molecule has 0 spiro atoms. The molecule has 0 atom stereocenters. The standard InChI is InChI=1S/2C17H21N5O2S.C13H12N4O2S/c1-5-24-16(23)14-12-7-6-11-10-18-17(25-4)19-13(11)15(12)22(20-14)9-8-21(2)3;1-5-24-16(23)15-12-7-6-11-10-18-17(25-4)19-13(11)14(12)20-22(15)9-8-21(2)3;1-3-19-12(18)11-8-5-4-7-6-14-13(20-2)15-9(7)10(8)16-17-11/h2*6-7,10H,5,8-9H2,1-4H3;4-6H,3H2,1-2H3,(H,16,17). The van der Waals surface area contributed by atoms with E-state index in [4.69, 9.17) is 14.2 Å². The van der Waals surface area contributed by atoms with Gasteiger partial charge in [-0.1, -0.05) is 53.5 Å². The summed E-state index contributed by atoms with van der Waals surface area (Å²) in [5.74, 6) is -1.18. The summed E-state index contributed by atoms with van der Waals surface area (Å²) in [5, 5.41) is 23.1. The number of H-pyrrole nitrogens is 1. The average Bonchev–Trinajstić information content (AvgIpc) is 4.09. The van der Waals surface area contributed by atoms with Crippen LogP contribution in [0.4, 0.5) is 0 Å². The monoisotopic (exact) mass is 1010 g/mol. The number of hydrogen-bond donors (Lipinski definition) is 1. The largest absolute Gasteiger partial charge is 0.461 e. The van der Waals surface area contributed by atoms with Crippen molar-refractivity contribution >= 4 is 119 Å². The van der Waals surface area contributed by atoms with Crippen LogP contribution in [-0.2, 0) is 27.3 Å². The quantitative estimate of drug-likeness (QED) is 0.0460. The van der Waals surface area contributed by atoms with E-state index in [1.165, 1.54) is 35.3 Å². The van der Waals surface area contributed by atoms with Crippen LogP contribution in [0.1, 0.15) is 52.2 Å². The smallest absolute Gasteiger partial charge is 0.359 e. The number of carbonyl (C=O) groups is 3. The van der Waals surface area contributed by atoms with Gasteiger partial charge in [-0.15, -0.1) is 0 Å². The third kappa shape index (κ3) is 11.2. The third-order valence-corrected chi connectivity index (χ3v) is 12.3. The fourth-order valence-electron chi connectivity index (χ4n) is 7.30. The molecule has 0 aliphatic carbocycles. The van der Waals surface area contributed by atoms with Crippen LogP contribution in [0.2, 0.25) is 0 Å². The number of thioether (sulfide) groups is 3. The molecular weight excluding hydrogens is 953 g/mol. The number of likely N-dealkylation sites (N-methyl/N-ethyl adjacent to an activating group) is 2. The minimum absolute atomic E-state index is 0.317. The molecule has 23 heteroatoms. The van der Waals surface area contributed by atoms with E-state index in [2.05, 4.69) is 55.2 Å².